The van der Waals surface area contributed by atoms with Gasteiger partial charge in [-0.2, -0.15) is 0 Å². The van der Waals surface area contributed by atoms with Crippen LogP contribution in [0.15, 0.2) is 42.5 Å². The third kappa shape index (κ3) is 4.59. The molecule has 5 nitrogen and oxygen atoms in total. The van der Waals surface area contributed by atoms with E-state index in [1.807, 2.05) is 51.1 Å². The molecule has 0 saturated carbocycles. The maximum atomic E-state index is 12.4. The summed E-state index contributed by atoms with van der Waals surface area (Å²) in [5.74, 6) is -1.22. The Bertz CT molecular complexity index is 719. The number of amides is 1. The van der Waals surface area contributed by atoms with Crippen LogP contribution in [0.25, 0.3) is 0 Å². The van der Waals surface area contributed by atoms with Gasteiger partial charge in [0.05, 0.1) is 6.54 Å². The van der Waals surface area contributed by atoms with Gasteiger partial charge < -0.3 is 15.3 Å². The molecule has 2 aromatic rings. The van der Waals surface area contributed by atoms with Crippen molar-refractivity contribution in [2.24, 2.45) is 0 Å². The molecule has 0 saturated heterocycles. The van der Waals surface area contributed by atoms with Gasteiger partial charge in [0.25, 0.3) is 0 Å². The standard InChI is InChI=1S/C19H22N2O3/c1-13-9-14(2)19(15(3)10-13)20-17(22)11-21(12-18(23)24)16-7-5-4-6-8-16/h4-10H,11-12H2,1-3H3,(H,20,22)(H,23,24). The van der Waals surface area contributed by atoms with Gasteiger partial charge in [-0.25, -0.2) is 0 Å². The number of aryl methyl sites for hydroxylation is 3. The van der Waals surface area contributed by atoms with Crippen LogP contribution in [0.4, 0.5) is 11.4 Å². The second-order valence-corrected chi connectivity index (χ2v) is 5.91. The number of aliphatic carboxylic acids is 1. The average Bonchev–Trinajstić information content (AvgIpc) is 2.50. The van der Waals surface area contributed by atoms with Crippen molar-refractivity contribution in [2.45, 2.75) is 20.8 Å². The highest BCUT2D eigenvalue weighted by Crippen LogP contribution is 2.22. The van der Waals surface area contributed by atoms with Crippen LogP contribution < -0.4 is 10.2 Å². The van der Waals surface area contributed by atoms with Gasteiger partial charge in [-0.1, -0.05) is 35.9 Å². The molecule has 0 aliphatic carbocycles. The lowest BCUT2D eigenvalue weighted by Gasteiger charge is -2.23. The van der Waals surface area contributed by atoms with E-state index in [0.29, 0.717) is 5.69 Å². The van der Waals surface area contributed by atoms with E-state index in [1.54, 1.807) is 12.1 Å². The Morgan fingerprint density at radius 1 is 1.00 bits per heavy atom. The lowest BCUT2D eigenvalue weighted by molar-refractivity contribution is -0.135. The molecule has 0 heterocycles. The number of benzene rings is 2. The van der Waals surface area contributed by atoms with Gasteiger partial charge in [0.2, 0.25) is 5.91 Å². The van der Waals surface area contributed by atoms with Crippen LogP contribution in [0.3, 0.4) is 0 Å². The number of carbonyl (C=O) groups is 2. The summed E-state index contributed by atoms with van der Waals surface area (Å²) in [5, 5.41) is 12.0. The van der Waals surface area contributed by atoms with Crippen molar-refractivity contribution in [3.05, 3.63) is 59.2 Å². The first-order chi connectivity index (χ1) is 11.4. The van der Waals surface area contributed by atoms with Crippen molar-refractivity contribution in [1.29, 1.82) is 0 Å². The van der Waals surface area contributed by atoms with Crippen LogP contribution in [0.2, 0.25) is 0 Å². The molecule has 1 amide bonds. The molecule has 24 heavy (non-hydrogen) atoms. The zero-order chi connectivity index (χ0) is 17.7. The topological polar surface area (TPSA) is 69.6 Å². The molecule has 0 aliphatic heterocycles. The smallest absolute Gasteiger partial charge is 0.323 e. The Morgan fingerprint density at radius 2 is 1.58 bits per heavy atom. The van der Waals surface area contributed by atoms with Crippen molar-refractivity contribution in [3.8, 4) is 0 Å². The second-order valence-electron chi connectivity index (χ2n) is 5.91. The minimum atomic E-state index is -0.977. The molecule has 2 N–H and O–H groups in total. The lowest BCUT2D eigenvalue weighted by Crippen LogP contribution is -2.37. The summed E-state index contributed by atoms with van der Waals surface area (Å²) in [4.78, 5) is 25.1. The molecule has 5 heteroatoms. The number of carboxylic acids is 1. The normalized spacial score (nSPS) is 10.3. The first-order valence-electron chi connectivity index (χ1n) is 7.76. The van der Waals surface area contributed by atoms with Gasteiger partial charge in [-0.05, 0) is 44.0 Å². The Hall–Kier alpha value is -2.82. The number of nitrogens with zero attached hydrogens (tertiary/aromatic N) is 1. The lowest BCUT2D eigenvalue weighted by atomic mass is 10.1. The minimum absolute atomic E-state index is 0.0247. The van der Waals surface area contributed by atoms with Gasteiger partial charge in [-0.3, -0.25) is 9.59 Å². The second kappa shape index (κ2) is 7.64. The molecule has 0 fully saturated rings. The average molecular weight is 326 g/mol. The third-order valence-electron chi connectivity index (χ3n) is 3.72. The molecular weight excluding hydrogens is 304 g/mol. The SMILES string of the molecule is Cc1cc(C)c(NC(=O)CN(CC(=O)O)c2ccccc2)c(C)c1. The molecule has 0 aromatic heterocycles. The first-order valence-corrected chi connectivity index (χ1v) is 7.76. The Kier molecular flexibility index (Phi) is 5.58. The van der Waals surface area contributed by atoms with Crippen LogP contribution >= 0.6 is 0 Å². The molecule has 0 bridgehead atoms. The van der Waals surface area contributed by atoms with E-state index < -0.39 is 5.97 Å². The Labute approximate surface area is 141 Å². The number of carbonyl (C=O) groups excluding carboxylic acids is 1. The van der Waals surface area contributed by atoms with E-state index in [1.165, 1.54) is 4.90 Å². The summed E-state index contributed by atoms with van der Waals surface area (Å²) in [6.45, 7) is 5.64. The number of para-hydroxylation sites is 1. The monoisotopic (exact) mass is 326 g/mol. The van der Waals surface area contributed by atoms with Crippen LogP contribution in [-0.2, 0) is 9.59 Å². The van der Waals surface area contributed by atoms with Crippen molar-refractivity contribution >= 4 is 23.3 Å². The minimum Gasteiger partial charge on any atom is -0.480 e. The van der Waals surface area contributed by atoms with Crippen LogP contribution in [0.5, 0.6) is 0 Å². The molecule has 0 radical (unpaired) electrons. The van der Waals surface area contributed by atoms with E-state index in [2.05, 4.69) is 5.32 Å². The molecule has 0 aliphatic rings. The number of hydrogen-bond donors (Lipinski definition) is 2. The first kappa shape index (κ1) is 17.5. The van der Waals surface area contributed by atoms with Gasteiger partial charge in [0.15, 0.2) is 0 Å². The van der Waals surface area contributed by atoms with Gasteiger partial charge in [0, 0.05) is 11.4 Å². The van der Waals surface area contributed by atoms with E-state index in [4.69, 9.17) is 5.11 Å². The summed E-state index contributed by atoms with van der Waals surface area (Å²) in [7, 11) is 0. The predicted octanol–water partition coefficient (Wildman–Crippen LogP) is 3.14. The summed E-state index contributed by atoms with van der Waals surface area (Å²) < 4.78 is 0. The van der Waals surface area contributed by atoms with Gasteiger partial charge in [0.1, 0.15) is 6.54 Å². The quantitative estimate of drug-likeness (QED) is 0.855. The molecule has 0 spiro atoms. The molecule has 126 valence electrons. The highest BCUT2D eigenvalue weighted by Gasteiger charge is 2.16. The summed E-state index contributed by atoms with van der Waals surface area (Å²) in [6.07, 6.45) is 0. The third-order valence-corrected chi connectivity index (χ3v) is 3.72. The van der Waals surface area contributed by atoms with Crippen LogP contribution in [0.1, 0.15) is 16.7 Å². The van der Waals surface area contributed by atoms with Crippen molar-refractivity contribution in [2.75, 3.05) is 23.3 Å². The number of anilines is 2. The summed E-state index contributed by atoms with van der Waals surface area (Å²) >= 11 is 0. The zero-order valence-corrected chi connectivity index (χ0v) is 14.2. The molecular formula is C19H22N2O3. The number of carboxylic acid groups (broad SMARTS) is 1. The van der Waals surface area contributed by atoms with Crippen molar-refractivity contribution in [3.63, 3.8) is 0 Å². The number of hydrogen-bond acceptors (Lipinski definition) is 3. The fourth-order valence-electron chi connectivity index (χ4n) is 2.77. The predicted molar refractivity (Wildman–Crippen MR) is 95.6 cm³/mol. The largest absolute Gasteiger partial charge is 0.480 e. The fraction of sp³-hybridized carbons (Fsp3) is 0.263. The van der Waals surface area contributed by atoms with E-state index in [-0.39, 0.29) is 19.0 Å². The van der Waals surface area contributed by atoms with Gasteiger partial charge >= 0.3 is 5.97 Å². The van der Waals surface area contributed by atoms with E-state index in [9.17, 15) is 9.59 Å². The van der Waals surface area contributed by atoms with E-state index in [0.717, 1.165) is 22.4 Å². The maximum absolute atomic E-state index is 12.4. The molecule has 0 atom stereocenters. The molecule has 2 aromatic carbocycles. The summed E-state index contributed by atoms with van der Waals surface area (Å²) in [5.41, 5.74) is 4.61. The molecule has 2 rings (SSSR count). The highest BCUT2D eigenvalue weighted by molar-refractivity contribution is 5.96. The zero-order valence-electron chi connectivity index (χ0n) is 14.2. The number of nitrogens with one attached hydrogen (secondary N) is 1. The number of rotatable bonds is 6. The van der Waals surface area contributed by atoms with Crippen LogP contribution in [0, 0.1) is 20.8 Å². The Balaban J connectivity index is 2.15. The van der Waals surface area contributed by atoms with Crippen molar-refractivity contribution in [1.82, 2.24) is 0 Å². The maximum Gasteiger partial charge on any atom is 0.323 e. The summed E-state index contributed by atoms with van der Waals surface area (Å²) in [6, 6.07) is 13.1. The molecule has 0 unspecified atom stereocenters. The van der Waals surface area contributed by atoms with Crippen molar-refractivity contribution < 1.29 is 14.7 Å². The highest BCUT2D eigenvalue weighted by atomic mass is 16.4. The fourth-order valence-corrected chi connectivity index (χ4v) is 2.77. The Morgan fingerprint density at radius 3 is 2.12 bits per heavy atom. The van der Waals surface area contributed by atoms with Gasteiger partial charge in [-0.15, -0.1) is 0 Å². The van der Waals surface area contributed by atoms with E-state index >= 15 is 0 Å². The van der Waals surface area contributed by atoms with Crippen LogP contribution in [-0.4, -0.2) is 30.1 Å².